The maximum atomic E-state index is 13.2. The van der Waals surface area contributed by atoms with Gasteiger partial charge in [-0.3, -0.25) is 4.79 Å². The van der Waals surface area contributed by atoms with Crippen LogP contribution >= 0.6 is 27.5 Å². The van der Waals surface area contributed by atoms with Gasteiger partial charge in [-0.2, -0.15) is 0 Å². The molecule has 3 rings (SSSR count). The lowest BCUT2D eigenvalue weighted by Crippen LogP contribution is -2.19. The highest BCUT2D eigenvalue weighted by atomic mass is 79.9. The standard InChI is InChI=1S/C17H10BrClFNO3/c18-10-2-4-15-12(5-10)16(22)13(17(23)24)8-21(15)7-9-1-3-11(20)6-14(9)19/h1-6,8H,7H2,(H,23,24). The number of benzene rings is 2. The molecule has 0 saturated heterocycles. The maximum Gasteiger partial charge on any atom is 0.341 e. The molecule has 0 fully saturated rings. The predicted octanol–water partition coefficient (Wildman–Crippen LogP) is 4.30. The molecule has 2 aromatic carbocycles. The summed E-state index contributed by atoms with van der Waals surface area (Å²) in [6.45, 7) is 0.206. The number of rotatable bonds is 3. The van der Waals surface area contributed by atoms with Crippen molar-refractivity contribution in [3.05, 3.63) is 79.3 Å². The molecule has 0 aliphatic rings. The number of nitrogens with zero attached hydrogens (tertiary/aromatic N) is 1. The molecule has 0 spiro atoms. The van der Waals surface area contributed by atoms with E-state index in [1.165, 1.54) is 24.4 Å². The molecule has 0 aliphatic carbocycles. The van der Waals surface area contributed by atoms with Crippen molar-refractivity contribution in [3.63, 3.8) is 0 Å². The number of hydrogen-bond donors (Lipinski definition) is 1. The van der Waals surface area contributed by atoms with Crippen molar-refractivity contribution in [2.24, 2.45) is 0 Å². The molecule has 3 aromatic rings. The second-order valence-electron chi connectivity index (χ2n) is 5.20. The van der Waals surface area contributed by atoms with Gasteiger partial charge < -0.3 is 9.67 Å². The number of pyridine rings is 1. The van der Waals surface area contributed by atoms with Crippen LogP contribution in [0.15, 0.2) is 51.9 Å². The summed E-state index contributed by atoms with van der Waals surface area (Å²) >= 11 is 9.33. The van der Waals surface area contributed by atoms with Crippen LogP contribution in [0.25, 0.3) is 10.9 Å². The van der Waals surface area contributed by atoms with Crippen LogP contribution in [0.5, 0.6) is 0 Å². The van der Waals surface area contributed by atoms with Crippen molar-refractivity contribution in [2.45, 2.75) is 6.54 Å². The van der Waals surface area contributed by atoms with E-state index >= 15 is 0 Å². The Morgan fingerprint density at radius 3 is 2.67 bits per heavy atom. The van der Waals surface area contributed by atoms with E-state index < -0.39 is 17.2 Å². The van der Waals surface area contributed by atoms with Crippen LogP contribution in [-0.2, 0) is 6.54 Å². The number of hydrogen-bond acceptors (Lipinski definition) is 2. The summed E-state index contributed by atoms with van der Waals surface area (Å²) < 4.78 is 15.5. The second-order valence-corrected chi connectivity index (χ2v) is 6.53. The van der Waals surface area contributed by atoms with Crippen LogP contribution in [0.3, 0.4) is 0 Å². The second kappa shape index (κ2) is 6.37. The average Bonchev–Trinajstić information content (AvgIpc) is 2.52. The minimum absolute atomic E-state index is 0.206. The van der Waals surface area contributed by atoms with Gasteiger partial charge in [-0.15, -0.1) is 0 Å². The Hall–Kier alpha value is -2.18. The van der Waals surface area contributed by atoms with E-state index in [2.05, 4.69) is 15.9 Å². The lowest BCUT2D eigenvalue weighted by molar-refractivity contribution is 0.0695. The molecule has 0 radical (unpaired) electrons. The molecule has 7 heteroatoms. The quantitative estimate of drug-likeness (QED) is 0.700. The van der Waals surface area contributed by atoms with E-state index in [0.29, 0.717) is 15.6 Å². The minimum atomic E-state index is -1.30. The highest BCUT2D eigenvalue weighted by Gasteiger charge is 2.15. The Kier molecular flexibility index (Phi) is 4.43. The fourth-order valence-electron chi connectivity index (χ4n) is 2.49. The Balaban J connectivity index is 2.25. The van der Waals surface area contributed by atoms with Gasteiger partial charge in [-0.25, -0.2) is 9.18 Å². The third-order valence-electron chi connectivity index (χ3n) is 3.63. The van der Waals surface area contributed by atoms with Gasteiger partial charge in [0.05, 0.1) is 5.52 Å². The molecule has 0 saturated carbocycles. The zero-order valence-electron chi connectivity index (χ0n) is 12.1. The molecule has 24 heavy (non-hydrogen) atoms. The Labute approximate surface area is 149 Å². The van der Waals surface area contributed by atoms with Gasteiger partial charge >= 0.3 is 5.97 Å². The van der Waals surface area contributed by atoms with Crippen LogP contribution in [0.1, 0.15) is 15.9 Å². The molecule has 0 amide bonds. The van der Waals surface area contributed by atoms with Crippen LogP contribution in [0, 0.1) is 5.82 Å². The molecule has 1 heterocycles. The van der Waals surface area contributed by atoms with Gasteiger partial charge in [0.1, 0.15) is 11.4 Å². The van der Waals surface area contributed by atoms with E-state index in [0.717, 1.165) is 0 Å². The van der Waals surface area contributed by atoms with Crippen molar-refractivity contribution in [1.29, 1.82) is 0 Å². The Morgan fingerprint density at radius 1 is 1.25 bits per heavy atom. The molecule has 0 atom stereocenters. The fourth-order valence-corrected chi connectivity index (χ4v) is 3.07. The summed E-state index contributed by atoms with van der Waals surface area (Å²) in [6, 6.07) is 9.04. The van der Waals surface area contributed by atoms with Crippen molar-refractivity contribution in [2.75, 3.05) is 0 Å². The third kappa shape index (κ3) is 3.07. The number of fused-ring (bicyclic) bond motifs is 1. The van der Waals surface area contributed by atoms with Gasteiger partial charge in [0.2, 0.25) is 5.43 Å². The highest BCUT2D eigenvalue weighted by molar-refractivity contribution is 9.10. The van der Waals surface area contributed by atoms with E-state index in [-0.39, 0.29) is 22.5 Å². The molecule has 122 valence electrons. The first-order valence-electron chi connectivity index (χ1n) is 6.87. The average molecular weight is 411 g/mol. The number of aromatic nitrogens is 1. The number of carbonyl (C=O) groups is 1. The zero-order valence-corrected chi connectivity index (χ0v) is 14.4. The summed E-state index contributed by atoms with van der Waals surface area (Å²) in [5.74, 6) is -1.76. The van der Waals surface area contributed by atoms with E-state index in [9.17, 15) is 19.1 Å². The maximum absolute atomic E-state index is 13.2. The van der Waals surface area contributed by atoms with Crippen molar-refractivity contribution in [1.82, 2.24) is 4.57 Å². The molecule has 1 aromatic heterocycles. The fraction of sp³-hybridized carbons (Fsp3) is 0.0588. The predicted molar refractivity (Wildman–Crippen MR) is 93.4 cm³/mol. The molecule has 0 bridgehead atoms. The molecular formula is C17H10BrClFNO3. The molecule has 1 N–H and O–H groups in total. The SMILES string of the molecule is O=C(O)c1cn(Cc2ccc(F)cc2Cl)c2ccc(Br)cc2c1=O. The molecule has 0 unspecified atom stereocenters. The summed E-state index contributed by atoms with van der Waals surface area (Å²) in [6.07, 6.45) is 1.28. The summed E-state index contributed by atoms with van der Waals surface area (Å²) in [5.41, 5.74) is 0.287. The summed E-state index contributed by atoms with van der Waals surface area (Å²) in [5, 5.41) is 9.79. The Bertz CT molecular complexity index is 1030. The third-order valence-corrected chi connectivity index (χ3v) is 4.47. The van der Waals surface area contributed by atoms with Crippen molar-refractivity contribution >= 4 is 44.4 Å². The summed E-state index contributed by atoms with van der Waals surface area (Å²) in [4.78, 5) is 23.7. The Morgan fingerprint density at radius 2 is 2.00 bits per heavy atom. The number of carboxylic acids is 1. The van der Waals surface area contributed by atoms with E-state index in [1.807, 2.05) is 0 Å². The van der Waals surface area contributed by atoms with Gasteiger partial charge in [0, 0.05) is 27.6 Å². The first-order chi connectivity index (χ1) is 11.4. The van der Waals surface area contributed by atoms with E-state index in [4.69, 9.17) is 11.6 Å². The van der Waals surface area contributed by atoms with Crippen molar-refractivity contribution in [3.8, 4) is 0 Å². The first-order valence-corrected chi connectivity index (χ1v) is 8.04. The first kappa shape index (κ1) is 16.7. The van der Waals surface area contributed by atoms with Crippen LogP contribution in [0.4, 0.5) is 4.39 Å². The molecular weight excluding hydrogens is 401 g/mol. The number of aromatic carboxylic acids is 1. The molecule has 0 aliphatic heterocycles. The normalized spacial score (nSPS) is 11.0. The highest BCUT2D eigenvalue weighted by Crippen LogP contribution is 2.22. The van der Waals surface area contributed by atoms with Gasteiger partial charge in [-0.1, -0.05) is 33.6 Å². The van der Waals surface area contributed by atoms with Gasteiger partial charge in [0.25, 0.3) is 0 Å². The number of carboxylic acid groups (broad SMARTS) is 1. The van der Waals surface area contributed by atoms with Crippen molar-refractivity contribution < 1.29 is 14.3 Å². The summed E-state index contributed by atoms with van der Waals surface area (Å²) in [7, 11) is 0. The molecule has 4 nitrogen and oxygen atoms in total. The van der Waals surface area contributed by atoms with Crippen LogP contribution in [-0.4, -0.2) is 15.6 Å². The number of halogens is 3. The largest absolute Gasteiger partial charge is 0.477 e. The lowest BCUT2D eigenvalue weighted by Gasteiger charge is -2.13. The van der Waals surface area contributed by atoms with Crippen LogP contribution < -0.4 is 5.43 Å². The van der Waals surface area contributed by atoms with Crippen LogP contribution in [0.2, 0.25) is 5.02 Å². The van der Waals surface area contributed by atoms with Gasteiger partial charge in [-0.05, 0) is 35.9 Å². The zero-order chi connectivity index (χ0) is 17.4. The topological polar surface area (TPSA) is 59.3 Å². The monoisotopic (exact) mass is 409 g/mol. The smallest absolute Gasteiger partial charge is 0.341 e. The van der Waals surface area contributed by atoms with Gasteiger partial charge in [0.15, 0.2) is 0 Å². The minimum Gasteiger partial charge on any atom is -0.477 e. The lowest BCUT2D eigenvalue weighted by atomic mass is 10.1. The van der Waals surface area contributed by atoms with E-state index in [1.54, 1.807) is 22.8 Å².